The summed E-state index contributed by atoms with van der Waals surface area (Å²) in [4.78, 5) is 4.90. The van der Waals surface area contributed by atoms with Crippen LogP contribution in [0.5, 0.6) is 0 Å². The molecule has 1 aliphatic rings. The van der Waals surface area contributed by atoms with Gasteiger partial charge in [-0.05, 0) is 26.9 Å². The van der Waals surface area contributed by atoms with Crippen LogP contribution in [-0.2, 0) is 9.47 Å². The van der Waals surface area contributed by atoms with Crippen molar-refractivity contribution in [2.24, 2.45) is 5.73 Å². The summed E-state index contributed by atoms with van der Waals surface area (Å²) in [7, 11) is 5.55. The first-order valence-corrected chi connectivity index (χ1v) is 6.82. The van der Waals surface area contributed by atoms with Gasteiger partial charge in [0.25, 0.3) is 0 Å². The van der Waals surface area contributed by atoms with E-state index in [2.05, 4.69) is 23.8 Å². The number of nitrogens with zero attached hydrogens (tertiary/aromatic N) is 2. The van der Waals surface area contributed by atoms with Gasteiger partial charge >= 0.3 is 0 Å². The Labute approximate surface area is 111 Å². The average Bonchev–Trinajstić information content (AvgIpc) is 2.52. The third kappa shape index (κ3) is 4.48. The fourth-order valence-corrected chi connectivity index (χ4v) is 2.81. The quantitative estimate of drug-likeness (QED) is 0.698. The molecule has 0 aromatic carbocycles. The van der Waals surface area contributed by atoms with Crippen molar-refractivity contribution in [1.29, 1.82) is 0 Å². The van der Waals surface area contributed by atoms with Crippen molar-refractivity contribution in [3.63, 3.8) is 0 Å². The molecule has 0 radical (unpaired) electrons. The first kappa shape index (κ1) is 15.9. The van der Waals surface area contributed by atoms with Gasteiger partial charge in [0, 0.05) is 52.4 Å². The van der Waals surface area contributed by atoms with E-state index in [-0.39, 0.29) is 6.29 Å². The Hall–Kier alpha value is -0.200. The molecule has 18 heavy (non-hydrogen) atoms. The zero-order chi connectivity index (χ0) is 13.5. The number of ether oxygens (including phenoxy) is 2. The minimum absolute atomic E-state index is 0.160. The topological polar surface area (TPSA) is 51.0 Å². The summed E-state index contributed by atoms with van der Waals surface area (Å²) < 4.78 is 10.6. The maximum Gasteiger partial charge on any atom is 0.158 e. The lowest BCUT2D eigenvalue weighted by Crippen LogP contribution is -2.49. The highest BCUT2D eigenvalue weighted by Gasteiger charge is 2.27. The van der Waals surface area contributed by atoms with Gasteiger partial charge in [-0.25, -0.2) is 0 Å². The number of rotatable bonds is 6. The number of methoxy groups -OCH3 is 2. The molecule has 108 valence electrons. The van der Waals surface area contributed by atoms with Crippen LogP contribution < -0.4 is 5.73 Å². The van der Waals surface area contributed by atoms with Gasteiger partial charge in [0.15, 0.2) is 6.29 Å². The summed E-state index contributed by atoms with van der Waals surface area (Å²) in [6.07, 6.45) is 1.87. The van der Waals surface area contributed by atoms with Gasteiger partial charge in [0.2, 0.25) is 0 Å². The first-order valence-electron chi connectivity index (χ1n) is 6.82. The molecule has 0 spiro atoms. The molecule has 5 nitrogen and oxygen atoms in total. The smallest absolute Gasteiger partial charge is 0.158 e. The number of nitrogens with two attached hydrogens (primary N) is 1. The molecule has 0 saturated carbocycles. The van der Waals surface area contributed by atoms with E-state index in [1.807, 2.05) is 0 Å². The molecule has 5 heteroatoms. The van der Waals surface area contributed by atoms with E-state index in [4.69, 9.17) is 15.2 Å². The van der Waals surface area contributed by atoms with Gasteiger partial charge in [-0.1, -0.05) is 0 Å². The van der Waals surface area contributed by atoms with Gasteiger partial charge in [0.1, 0.15) is 0 Å². The second-order valence-electron chi connectivity index (χ2n) is 5.23. The Morgan fingerprint density at radius 2 is 1.94 bits per heavy atom. The van der Waals surface area contributed by atoms with Crippen molar-refractivity contribution in [2.45, 2.75) is 38.1 Å². The molecule has 1 saturated heterocycles. The molecule has 1 aliphatic heterocycles. The third-order valence-electron chi connectivity index (χ3n) is 3.83. The average molecular weight is 259 g/mol. The van der Waals surface area contributed by atoms with Crippen LogP contribution in [0.4, 0.5) is 0 Å². The largest absolute Gasteiger partial charge is 0.356 e. The lowest BCUT2D eigenvalue weighted by Gasteiger charge is -2.36. The van der Waals surface area contributed by atoms with E-state index < -0.39 is 0 Å². The van der Waals surface area contributed by atoms with Gasteiger partial charge in [-0.15, -0.1) is 0 Å². The maximum atomic E-state index is 5.94. The van der Waals surface area contributed by atoms with Crippen molar-refractivity contribution in [3.8, 4) is 0 Å². The summed E-state index contributed by atoms with van der Waals surface area (Å²) >= 11 is 0. The van der Waals surface area contributed by atoms with Gasteiger partial charge in [-0.2, -0.15) is 0 Å². The summed E-state index contributed by atoms with van der Waals surface area (Å²) in [5.41, 5.74) is 5.94. The highest BCUT2D eigenvalue weighted by atomic mass is 16.7. The van der Waals surface area contributed by atoms with Crippen LogP contribution in [0, 0.1) is 0 Å². The normalized spacial score (nSPS) is 25.3. The molecule has 0 aromatic heterocycles. The first-order chi connectivity index (χ1) is 8.62. The Bertz CT molecular complexity index is 224. The van der Waals surface area contributed by atoms with Crippen LogP contribution in [0.3, 0.4) is 0 Å². The predicted molar refractivity (Wildman–Crippen MR) is 73.5 cm³/mol. The molecule has 0 aliphatic carbocycles. The number of hydrogen-bond donors (Lipinski definition) is 1. The monoisotopic (exact) mass is 259 g/mol. The molecular weight excluding hydrogens is 230 g/mol. The van der Waals surface area contributed by atoms with Crippen molar-refractivity contribution in [3.05, 3.63) is 0 Å². The van der Waals surface area contributed by atoms with E-state index in [0.717, 1.165) is 26.1 Å². The lowest BCUT2D eigenvalue weighted by atomic mass is 10.1. The van der Waals surface area contributed by atoms with Crippen molar-refractivity contribution < 1.29 is 9.47 Å². The molecule has 2 N–H and O–H groups in total. The van der Waals surface area contributed by atoms with Gasteiger partial charge in [-0.3, -0.25) is 4.90 Å². The molecular formula is C13H29N3O2. The van der Waals surface area contributed by atoms with E-state index in [0.29, 0.717) is 18.6 Å². The summed E-state index contributed by atoms with van der Waals surface area (Å²) in [6, 6.07) is 0.858. The van der Waals surface area contributed by atoms with Crippen LogP contribution >= 0.6 is 0 Å². The lowest BCUT2D eigenvalue weighted by molar-refractivity contribution is -0.118. The Morgan fingerprint density at radius 3 is 2.50 bits per heavy atom. The van der Waals surface area contributed by atoms with E-state index in [9.17, 15) is 0 Å². The highest BCUT2D eigenvalue weighted by Crippen LogP contribution is 2.16. The van der Waals surface area contributed by atoms with Crippen LogP contribution in [0.2, 0.25) is 0 Å². The summed E-state index contributed by atoms with van der Waals surface area (Å²) in [5.74, 6) is 0. The minimum Gasteiger partial charge on any atom is -0.356 e. The number of hydrogen-bond acceptors (Lipinski definition) is 5. The third-order valence-corrected chi connectivity index (χ3v) is 3.83. The Kier molecular flexibility index (Phi) is 7.11. The zero-order valence-corrected chi connectivity index (χ0v) is 12.3. The summed E-state index contributed by atoms with van der Waals surface area (Å²) in [6.45, 7) is 6.29. The molecule has 1 fully saturated rings. The van der Waals surface area contributed by atoms with E-state index in [1.54, 1.807) is 14.2 Å². The summed E-state index contributed by atoms with van der Waals surface area (Å²) in [5, 5.41) is 0. The van der Waals surface area contributed by atoms with Crippen LogP contribution in [0.25, 0.3) is 0 Å². The van der Waals surface area contributed by atoms with Crippen LogP contribution in [0.15, 0.2) is 0 Å². The van der Waals surface area contributed by atoms with Crippen molar-refractivity contribution in [2.75, 3.05) is 47.4 Å². The second-order valence-corrected chi connectivity index (χ2v) is 5.23. The maximum absolute atomic E-state index is 5.94. The molecule has 0 bridgehead atoms. The second kappa shape index (κ2) is 8.07. The fourth-order valence-electron chi connectivity index (χ4n) is 2.81. The molecule has 2 unspecified atom stereocenters. The molecule has 0 aromatic rings. The fraction of sp³-hybridized carbons (Fsp3) is 1.00. The van der Waals surface area contributed by atoms with Crippen molar-refractivity contribution in [1.82, 2.24) is 9.80 Å². The number of likely N-dealkylation sites (N-methyl/N-ethyl adjacent to an activating group) is 1. The van der Waals surface area contributed by atoms with Gasteiger partial charge in [0.05, 0.1) is 0 Å². The standard InChI is InChI=1S/C13H29N3O2/c1-11-10-15(2)6-5-7-16(11)12(9-14)8-13(17-3)18-4/h11-13H,5-10,14H2,1-4H3. The SMILES string of the molecule is COC(CC(CN)N1CCCN(C)CC1C)OC. The molecule has 1 heterocycles. The van der Waals surface area contributed by atoms with Crippen LogP contribution in [0.1, 0.15) is 19.8 Å². The van der Waals surface area contributed by atoms with Gasteiger partial charge < -0.3 is 20.1 Å². The zero-order valence-electron chi connectivity index (χ0n) is 12.3. The highest BCUT2D eigenvalue weighted by molar-refractivity contribution is 4.82. The molecule has 0 amide bonds. The van der Waals surface area contributed by atoms with E-state index in [1.165, 1.54) is 6.42 Å². The van der Waals surface area contributed by atoms with Crippen molar-refractivity contribution >= 4 is 0 Å². The van der Waals surface area contributed by atoms with E-state index >= 15 is 0 Å². The predicted octanol–water partition coefficient (Wildman–Crippen LogP) is 0.349. The van der Waals surface area contributed by atoms with Crippen LogP contribution in [-0.4, -0.2) is 75.6 Å². The molecule has 2 atom stereocenters. The minimum atomic E-state index is -0.160. The Morgan fingerprint density at radius 1 is 1.28 bits per heavy atom. The Balaban J connectivity index is 2.61. The molecule has 1 rings (SSSR count).